The molecule has 1 atom stereocenters. The molecule has 0 unspecified atom stereocenters. The van der Waals surface area contributed by atoms with Gasteiger partial charge in [-0.3, -0.25) is 4.98 Å². The van der Waals surface area contributed by atoms with Crippen LogP contribution in [-0.4, -0.2) is 43.2 Å². The van der Waals surface area contributed by atoms with Crippen molar-refractivity contribution in [2.45, 2.75) is 18.9 Å². The Morgan fingerprint density at radius 2 is 1.95 bits per heavy atom. The summed E-state index contributed by atoms with van der Waals surface area (Å²) in [5.41, 5.74) is 2.16. The first-order valence-corrected chi connectivity index (χ1v) is 7.69. The Labute approximate surface area is 131 Å². The van der Waals surface area contributed by atoms with E-state index in [2.05, 4.69) is 16.9 Å². The van der Waals surface area contributed by atoms with Gasteiger partial charge in [0.2, 0.25) is 0 Å². The van der Waals surface area contributed by atoms with Gasteiger partial charge in [-0.25, -0.2) is 0 Å². The van der Waals surface area contributed by atoms with Crippen LogP contribution in [0.3, 0.4) is 0 Å². The second kappa shape index (κ2) is 6.79. The van der Waals surface area contributed by atoms with Gasteiger partial charge >= 0.3 is 0 Å². The zero-order valence-electron chi connectivity index (χ0n) is 13.2. The van der Waals surface area contributed by atoms with Crippen molar-refractivity contribution in [2.75, 3.05) is 27.3 Å². The van der Waals surface area contributed by atoms with Gasteiger partial charge in [0.15, 0.2) is 0 Å². The molecule has 4 nitrogen and oxygen atoms in total. The van der Waals surface area contributed by atoms with Crippen LogP contribution in [0, 0.1) is 0 Å². The van der Waals surface area contributed by atoms with E-state index in [-0.39, 0.29) is 0 Å². The lowest BCUT2D eigenvalue weighted by Gasteiger charge is -2.19. The number of benzene rings is 1. The van der Waals surface area contributed by atoms with E-state index < -0.39 is 0 Å². The Hall–Kier alpha value is -2.07. The summed E-state index contributed by atoms with van der Waals surface area (Å²) in [4.78, 5) is 6.66. The van der Waals surface area contributed by atoms with Crippen LogP contribution in [0.1, 0.15) is 12.8 Å². The summed E-state index contributed by atoms with van der Waals surface area (Å²) < 4.78 is 11.1. The maximum Gasteiger partial charge on any atom is 0.138 e. The molecular weight excluding hydrogens is 276 g/mol. The average Bonchev–Trinajstić information content (AvgIpc) is 2.98. The van der Waals surface area contributed by atoms with Crippen LogP contribution >= 0.6 is 0 Å². The maximum absolute atomic E-state index is 5.94. The Morgan fingerprint density at radius 1 is 1.14 bits per heavy atom. The van der Waals surface area contributed by atoms with Crippen molar-refractivity contribution in [1.82, 2.24) is 9.88 Å². The van der Waals surface area contributed by atoms with Gasteiger partial charge in [0.1, 0.15) is 18.1 Å². The highest BCUT2D eigenvalue weighted by atomic mass is 16.5. The van der Waals surface area contributed by atoms with E-state index in [0.29, 0.717) is 6.04 Å². The van der Waals surface area contributed by atoms with Crippen LogP contribution in [0.25, 0.3) is 11.1 Å². The molecule has 4 heteroatoms. The van der Waals surface area contributed by atoms with Crippen molar-refractivity contribution in [3.05, 3.63) is 42.7 Å². The summed E-state index contributed by atoms with van der Waals surface area (Å²) in [6.45, 7) is 1.89. The van der Waals surface area contributed by atoms with E-state index >= 15 is 0 Å². The molecule has 1 aromatic carbocycles. The minimum absolute atomic E-state index is 0.518. The average molecular weight is 298 g/mol. The number of hydrogen-bond donors (Lipinski definition) is 0. The fraction of sp³-hybridized carbons (Fsp3) is 0.389. The molecular formula is C18H22N2O2. The van der Waals surface area contributed by atoms with Crippen molar-refractivity contribution in [3.8, 4) is 22.6 Å². The van der Waals surface area contributed by atoms with Crippen LogP contribution in [-0.2, 0) is 0 Å². The molecule has 0 bridgehead atoms. The third-order valence-electron chi connectivity index (χ3n) is 4.25. The van der Waals surface area contributed by atoms with Crippen LogP contribution in [0.2, 0.25) is 0 Å². The fourth-order valence-corrected chi connectivity index (χ4v) is 2.82. The third kappa shape index (κ3) is 3.39. The molecule has 2 aromatic rings. The summed E-state index contributed by atoms with van der Waals surface area (Å²) in [6.07, 6.45) is 6.11. The van der Waals surface area contributed by atoms with Crippen LogP contribution in [0.5, 0.6) is 11.5 Å². The lowest BCUT2D eigenvalue weighted by Crippen LogP contribution is -2.30. The van der Waals surface area contributed by atoms with Crippen molar-refractivity contribution in [1.29, 1.82) is 0 Å². The van der Waals surface area contributed by atoms with Crippen molar-refractivity contribution < 1.29 is 9.47 Å². The van der Waals surface area contributed by atoms with Crippen molar-refractivity contribution in [3.63, 3.8) is 0 Å². The van der Waals surface area contributed by atoms with Crippen LogP contribution in [0.4, 0.5) is 0 Å². The van der Waals surface area contributed by atoms with Crippen molar-refractivity contribution in [2.24, 2.45) is 0 Å². The van der Waals surface area contributed by atoms with E-state index in [9.17, 15) is 0 Å². The Balaban J connectivity index is 1.68. The molecule has 1 aliphatic heterocycles. The number of rotatable bonds is 5. The summed E-state index contributed by atoms with van der Waals surface area (Å²) in [5.74, 6) is 1.68. The second-order valence-corrected chi connectivity index (χ2v) is 5.73. The Kier molecular flexibility index (Phi) is 4.59. The normalized spacial score (nSPS) is 18.4. The molecule has 1 fully saturated rings. The lowest BCUT2D eigenvalue weighted by molar-refractivity contribution is 0.198. The fourth-order valence-electron chi connectivity index (χ4n) is 2.82. The van der Waals surface area contributed by atoms with Gasteiger partial charge in [0, 0.05) is 17.8 Å². The summed E-state index contributed by atoms with van der Waals surface area (Å²) >= 11 is 0. The molecule has 0 N–H and O–H groups in total. The molecule has 3 rings (SSSR count). The molecule has 1 aromatic heterocycles. The highest BCUT2D eigenvalue weighted by Gasteiger charge is 2.21. The predicted molar refractivity (Wildman–Crippen MR) is 87.4 cm³/mol. The second-order valence-electron chi connectivity index (χ2n) is 5.73. The Morgan fingerprint density at radius 3 is 2.64 bits per heavy atom. The molecule has 0 radical (unpaired) electrons. The van der Waals surface area contributed by atoms with Gasteiger partial charge in [-0.05, 0) is 50.2 Å². The first kappa shape index (κ1) is 14.9. The summed E-state index contributed by atoms with van der Waals surface area (Å²) in [5, 5.41) is 0. The van der Waals surface area contributed by atoms with Gasteiger partial charge in [-0.1, -0.05) is 12.1 Å². The van der Waals surface area contributed by atoms with E-state index in [1.807, 2.05) is 36.5 Å². The quantitative estimate of drug-likeness (QED) is 0.849. The predicted octanol–water partition coefficient (Wildman–Crippen LogP) is 3.23. The smallest absolute Gasteiger partial charge is 0.138 e. The first-order valence-electron chi connectivity index (χ1n) is 7.69. The number of ether oxygens (including phenoxy) is 2. The van der Waals surface area contributed by atoms with E-state index in [1.54, 1.807) is 13.3 Å². The molecule has 0 amide bonds. The maximum atomic E-state index is 5.94. The standard InChI is InChI=1S/C18H22N2O2/c1-20-9-3-4-16(20)13-22-18-10-15(11-19-12-18)14-5-7-17(21-2)8-6-14/h5-8,10-12,16H,3-4,9,13H2,1-2H3/t16-/m0/s1. The van der Waals surface area contributed by atoms with Gasteiger partial charge < -0.3 is 14.4 Å². The largest absolute Gasteiger partial charge is 0.497 e. The number of hydrogen-bond acceptors (Lipinski definition) is 4. The molecule has 1 saturated heterocycles. The molecule has 2 heterocycles. The minimum Gasteiger partial charge on any atom is -0.497 e. The van der Waals surface area contributed by atoms with Gasteiger partial charge in [0.25, 0.3) is 0 Å². The summed E-state index contributed by atoms with van der Waals surface area (Å²) in [6, 6.07) is 10.5. The molecule has 116 valence electrons. The van der Waals surface area contributed by atoms with Crippen molar-refractivity contribution >= 4 is 0 Å². The molecule has 0 saturated carbocycles. The topological polar surface area (TPSA) is 34.6 Å². The van der Waals surface area contributed by atoms with Gasteiger partial charge in [0.05, 0.1) is 13.3 Å². The van der Waals surface area contributed by atoms with E-state index in [4.69, 9.17) is 9.47 Å². The van der Waals surface area contributed by atoms with E-state index in [1.165, 1.54) is 12.8 Å². The number of aromatic nitrogens is 1. The number of likely N-dealkylation sites (tertiary alicyclic amines) is 1. The zero-order chi connectivity index (χ0) is 15.4. The first-order chi connectivity index (χ1) is 10.8. The lowest BCUT2D eigenvalue weighted by atomic mass is 10.1. The van der Waals surface area contributed by atoms with Gasteiger partial charge in [-0.15, -0.1) is 0 Å². The summed E-state index contributed by atoms with van der Waals surface area (Å²) in [7, 11) is 3.83. The van der Waals surface area contributed by atoms with Crippen LogP contribution in [0.15, 0.2) is 42.7 Å². The van der Waals surface area contributed by atoms with Crippen LogP contribution < -0.4 is 9.47 Å². The van der Waals surface area contributed by atoms with Gasteiger partial charge in [-0.2, -0.15) is 0 Å². The number of likely N-dealkylation sites (N-methyl/N-ethyl adjacent to an activating group) is 1. The third-order valence-corrected chi connectivity index (χ3v) is 4.25. The number of methoxy groups -OCH3 is 1. The molecule has 0 spiro atoms. The minimum atomic E-state index is 0.518. The zero-order valence-corrected chi connectivity index (χ0v) is 13.2. The Bertz CT molecular complexity index is 613. The highest BCUT2D eigenvalue weighted by Crippen LogP contribution is 2.25. The SMILES string of the molecule is COc1ccc(-c2cncc(OC[C@@H]3CCCN3C)c2)cc1. The molecule has 0 aliphatic carbocycles. The monoisotopic (exact) mass is 298 g/mol. The highest BCUT2D eigenvalue weighted by molar-refractivity contribution is 5.64. The molecule has 22 heavy (non-hydrogen) atoms. The number of nitrogens with zero attached hydrogens (tertiary/aromatic N) is 2. The molecule has 1 aliphatic rings. The van der Waals surface area contributed by atoms with E-state index in [0.717, 1.165) is 35.8 Å². The number of pyridine rings is 1.